The summed E-state index contributed by atoms with van der Waals surface area (Å²) in [5, 5.41) is 0. The van der Waals surface area contributed by atoms with E-state index < -0.39 is 24.3 Å². The van der Waals surface area contributed by atoms with E-state index in [4.69, 9.17) is 0 Å². The Bertz CT molecular complexity index is 225. The quantitative estimate of drug-likeness (QED) is 0.305. The molecule has 0 bridgehead atoms. The molecular weight excluding hydrogens is 191 g/mol. The third kappa shape index (κ3) is 5.85. The molecule has 0 aliphatic carbocycles. The summed E-state index contributed by atoms with van der Waals surface area (Å²) in [6, 6.07) is 0. The molecule has 13 heavy (non-hydrogen) atoms. The highest BCUT2D eigenvalue weighted by Gasteiger charge is 2.05. The van der Waals surface area contributed by atoms with Crippen LogP contribution in [0.1, 0.15) is 6.42 Å². The van der Waals surface area contributed by atoms with Gasteiger partial charge >= 0.3 is 12.0 Å². The van der Waals surface area contributed by atoms with Crippen LogP contribution in [0, 0.1) is 0 Å². The molecule has 0 fully saturated rings. The number of rotatable bonds is 5. The van der Waals surface area contributed by atoms with E-state index in [1.807, 2.05) is 5.48 Å². The van der Waals surface area contributed by atoms with Crippen LogP contribution in [-0.2, 0) is 14.4 Å². The number of hydrogen-bond acceptors (Lipinski definition) is 4. The van der Waals surface area contributed by atoms with Crippen LogP contribution in [0.5, 0.6) is 0 Å². The normalized spacial score (nSPS) is 9.15. The van der Waals surface area contributed by atoms with Gasteiger partial charge in [-0.15, -0.1) is 0 Å². The van der Waals surface area contributed by atoms with Crippen LogP contribution in [0.25, 0.3) is 0 Å². The number of hydrogen-bond donors (Lipinski definition) is 1. The summed E-state index contributed by atoms with van der Waals surface area (Å²) in [5.41, 5.74) is 1.83. The largest absolute Gasteiger partial charge is 0.389 e. The van der Waals surface area contributed by atoms with E-state index >= 15 is 0 Å². The van der Waals surface area contributed by atoms with Gasteiger partial charge in [-0.1, -0.05) is 0 Å². The number of nitrogens with one attached hydrogen (secondary N) is 1. The van der Waals surface area contributed by atoms with Crippen molar-refractivity contribution in [3.05, 3.63) is 11.9 Å². The highest BCUT2D eigenvalue weighted by atomic mass is 19.3. The van der Waals surface area contributed by atoms with Crippen molar-refractivity contribution in [1.29, 1.82) is 0 Å². The second-order valence-corrected chi connectivity index (χ2v) is 1.85. The molecule has 0 spiro atoms. The van der Waals surface area contributed by atoms with Crippen LogP contribution < -0.4 is 5.48 Å². The molecule has 4 nitrogen and oxygen atoms in total. The van der Waals surface area contributed by atoms with Gasteiger partial charge in [0.25, 0.3) is 0 Å². The fourth-order valence-corrected chi connectivity index (χ4v) is 0.401. The van der Waals surface area contributed by atoms with Crippen molar-refractivity contribution in [2.45, 2.75) is 6.42 Å². The highest BCUT2D eigenvalue weighted by Crippen LogP contribution is 2.11. The second kappa shape index (κ2) is 6.18. The smallest absolute Gasteiger partial charge is 0.365 e. The van der Waals surface area contributed by atoms with Crippen LogP contribution in [0.3, 0.4) is 0 Å². The Balaban J connectivity index is 3.52. The molecule has 0 aromatic rings. The average molecular weight is 197 g/mol. The van der Waals surface area contributed by atoms with E-state index in [9.17, 15) is 22.8 Å². The minimum Gasteiger partial charge on any atom is -0.365 e. The second-order valence-electron chi connectivity index (χ2n) is 1.85. The standard InChI is InChI=1S/C6H6F3NO3/c7-4(6(8)9)1-2-10-13-5(12)3-11/h3,10H,1-2H2. The third-order valence-electron chi connectivity index (χ3n) is 0.921. The number of carbonyl (C=O) groups excluding carboxylic acids is 2. The Morgan fingerprint density at radius 2 is 2.00 bits per heavy atom. The van der Waals surface area contributed by atoms with Crippen LogP contribution in [0.15, 0.2) is 11.9 Å². The Hall–Kier alpha value is -1.37. The van der Waals surface area contributed by atoms with E-state index in [0.29, 0.717) is 0 Å². The van der Waals surface area contributed by atoms with Crippen molar-refractivity contribution in [2.24, 2.45) is 0 Å². The van der Waals surface area contributed by atoms with Crippen molar-refractivity contribution >= 4 is 12.3 Å². The van der Waals surface area contributed by atoms with Crippen molar-refractivity contribution in [2.75, 3.05) is 6.54 Å². The van der Waals surface area contributed by atoms with Gasteiger partial charge in [-0.25, -0.2) is 9.18 Å². The molecule has 0 aliphatic rings. The van der Waals surface area contributed by atoms with Gasteiger partial charge in [-0.2, -0.15) is 14.3 Å². The Kier molecular flexibility index (Phi) is 5.53. The summed E-state index contributed by atoms with van der Waals surface area (Å²) in [6.07, 6.45) is -3.15. The first-order valence-electron chi connectivity index (χ1n) is 3.16. The maximum atomic E-state index is 12.0. The van der Waals surface area contributed by atoms with E-state index in [-0.39, 0.29) is 12.8 Å². The topological polar surface area (TPSA) is 55.4 Å². The monoisotopic (exact) mass is 197 g/mol. The summed E-state index contributed by atoms with van der Waals surface area (Å²) in [6.45, 7) is -0.331. The van der Waals surface area contributed by atoms with Gasteiger partial charge in [0.2, 0.25) is 6.29 Å². The number of halogens is 3. The molecule has 1 N–H and O–H groups in total. The fourth-order valence-electron chi connectivity index (χ4n) is 0.401. The van der Waals surface area contributed by atoms with Gasteiger partial charge in [0.05, 0.1) is 0 Å². The van der Waals surface area contributed by atoms with Gasteiger partial charge in [-0.3, -0.25) is 4.79 Å². The van der Waals surface area contributed by atoms with Crippen molar-refractivity contribution in [1.82, 2.24) is 5.48 Å². The lowest BCUT2D eigenvalue weighted by Gasteiger charge is -2.00. The molecule has 0 heterocycles. The lowest BCUT2D eigenvalue weighted by atomic mass is 10.4. The molecule has 0 saturated heterocycles. The van der Waals surface area contributed by atoms with Gasteiger partial charge in [-0.05, 0) is 0 Å². The molecular formula is C6H6F3NO3. The zero-order chi connectivity index (χ0) is 10.3. The number of aldehydes is 1. The van der Waals surface area contributed by atoms with Crippen molar-refractivity contribution in [3.8, 4) is 0 Å². The molecule has 0 aromatic carbocycles. The fraction of sp³-hybridized carbons (Fsp3) is 0.333. The summed E-state index contributed by atoms with van der Waals surface area (Å²) >= 11 is 0. The van der Waals surface area contributed by atoms with Crippen molar-refractivity contribution < 1.29 is 27.6 Å². The summed E-state index contributed by atoms with van der Waals surface area (Å²) in [4.78, 5) is 23.6. The molecule has 0 aromatic heterocycles. The molecule has 0 aliphatic heterocycles. The predicted octanol–water partition coefficient (Wildman–Crippen LogP) is 0.701. The van der Waals surface area contributed by atoms with Gasteiger partial charge in [0.15, 0.2) is 5.83 Å². The summed E-state index contributed by atoms with van der Waals surface area (Å²) in [7, 11) is 0. The zero-order valence-electron chi connectivity index (χ0n) is 6.35. The zero-order valence-corrected chi connectivity index (χ0v) is 6.35. The molecule has 0 atom stereocenters. The van der Waals surface area contributed by atoms with Gasteiger partial charge in [0.1, 0.15) is 0 Å². The predicted molar refractivity (Wildman–Crippen MR) is 35.1 cm³/mol. The summed E-state index contributed by atoms with van der Waals surface area (Å²) < 4.78 is 34.8. The van der Waals surface area contributed by atoms with Crippen molar-refractivity contribution in [3.63, 3.8) is 0 Å². The molecule has 0 rings (SSSR count). The van der Waals surface area contributed by atoms with Crippen LogP contribution in [0.4, 0.5) is 13.2 Å². The van der Waals surface area contributed by atoms with Crippen LogP contribution in [0.2, 0.25) is 0 Å². The Labute approximate surface area is 71.3 Å². The van der Waals surface area contributed by atoms with Crippen LogP contribution in [-0.4, -0.2) is 18.8 Å². The molecule has 0 amide bonds. The van der Waals surface area contributed by atoms with Gasteiger partial charge < -0.3 is 4.84 Å². The van der Waals surface area contributed by atoms with E-state index in [2.05, 4.69) is 4.84 Å². The highest BCUT2D eigenvalue weighted by molar-refractivity contribution is 6.20. The molecule has 0 unspecified atom stereocenters. The lowest BCUT2D eigenvalue weighted by molar-refractivity contribution is -0.154. The minimum absolute atomic E-state index is 0.116. The SMILES string of the molecule is O=CC(=O)ONCCC(F)=C(F)F. The maximum absolute atomic E-state index is 12.0. The summed E-state index contributed by atoms with van der Waals surface area (Å²) in [5.74, 6) is -2.79. The first-order valence-corrected chi connectivity index (χ1v) is 3.16. The first-order chi connectivity index (χ1) is 6.07. The first kappa shape index (κ1) is 11.6. The minimum atomic E-state index is -2.41. The molecule has 7 heteroatoms. The van der Waals surface area contributed by atoms with E-state index in [1.54, 1.807) is 0 Å². The van der Waals surface area contributed by atoms with Crippen LogP contribution >= 0.6 is 0 Å². The maximum Gasteiger partial charge on any atom is 0.389 e. The van der Waals surface area contributed by atoms with Gasteiger partial charge in [0, 0.05) is 13.0 Å². The Morgan fingerprint density at radius 3 is 2.46 bits per heavy atom. The molecule has 0 radical (unpaired) electrons. The third-order valence-corrected chi connectivity index (χ3v) is 0.921. The number of carbonyl (C=O) groups is 2. The van der Waals surface area contributed by atoms with E-state index in [1.165, 1.54) is 0 Å². The Morgan fingerprint density at radius 1 is 1.38 bits per heavy atom. The van der Waals surface area contributed by atoms with E-state index in [0.717, 1.165) is 0 Å². The lowest BCUT2D eigenvalue weighted by Crippen LogP contribution is -2.21. The average Bonchev–Trinajstić information content (AvgIpc) is 2.11. The number of hydroxylamine groups is 1. The molecule has 0 saturated carbocycles. The molecule has 74 valence electrons.